The summed E-state index contributed by atoms with van der Waals surface area (Å²) in [6, 6.07) is 3.55. The maximum atomic E-state index is 12.5. The lowest BCUT2D eigenvalue weighted by Gasteiger charge is -2.18. The summed E-state index contributed by atoms with van der Waals surface area (Å²) in [5, 5.41) is 0.245. The first-order chi connectivity index (χ1) is 10.5. The number of hydrogen-bond donors (Lipinski definition) is 0. The molecule has 1 atom stereocenters. The number of thiazole rings is 1. The van der Waals surface area contributed by atoms with E-state index >= 15 is 0 Å². The number of amides is 1. The van der Waals surface area contributed by atoms with Crippen LogP contribution in [0, 0.1) is 0 Å². The van der Waals surface area contributed by atoms with E-state index < -0.39 is 15.1 Å². The van der Waals surface area contributed by atoms with Crippen molar-refractivity contribution >= 4 is 27.1 Å². The topological polar surface area (TPSA) is 80.5 Å². The standard InChI is InChI=1S/C14H16N2O4S2/c1-10-4-5-16(6-8-22(10,18)19)14(17)12-9-15-13(21-12)11-3-2-7-20-11/h2-3,7,9-10H,4-6,8H2,1H3. The summed E-state index contributed by atoms with van der Waals surface area (Å²) in [6.45, 7) is 2.39. The van der Waals surface area contributed by atoms with Crippen LogP contribution in [-0.4, -0.2) is 48.3 Å². The number of nitrogens with zero attached hydrogens (tertiary/aromatic N) is 2. The highest BCUT2D eigenvalue weighted by atomic mass is 32.2. The molecule has 0 bridgehead atoms. The van der Waals surface area contributed by atoms with Crippen molar-refractivity contribution < 1.29 is 17.6 Å². The largest absolute Gasteiger partial charge is 0.462 e. The van der Waals surface area contributed by atoms with Gasteiger partial charge in [-0.15, -0.1) is 11.3 Å². The van der Waals surface area contributed by atoms with Gasteiger partial charge in [0, 0.05) is 13.1 Å². The minimum absolute atomic E-state index is 0.0176. The minimum atomic E-state index is -3.10. The Kier molecular flexibility index (Phi) is 4.05. The van der Waals surface area contributed by atoms with Gasteiger partial charge in [0.2, 0.25) is 0 Å². The molecular weight excluding hydrogens is 324 g/mol. The Hall–Kier alpha value is -1.67. The van der Waals surface area contributed by atoms with Crippen LogP contribution in [0.15, 0.2) is 29.0 Å². The van der Waals surface area contributed by atoms with E-state index in [1.54, 1.807) is 30.2 Å². The number of rotatable bonds is 2. The number of carbonyl (C=O) groups excluding carboxylic acids is 1. The molecule has 2 aromatic heterocycles. The van der Waals surface area contributed by atoms with E-state index in [4.69, 9.17) is 4.42 Å². The zero-order valence-corrected chi connectivity index (χ0v) is 13.7. The lowest BCUT2D eigenvalue weighted by Crippen LogP contribution is -2.33. The van der Waals surface area contributed by atoms with E-state index in [2.05, 4.69) is 4.98 Å². The van der Waals surface area contributed by atoms with Gasteiger partial charge >= 0.3 is 0 Å². The smallest absolute Gasteiger partial charge is 0.265 e. The molecule has 1 aliphatic heterocycles. The summed E-state index contributed by atoms with van der Waals surface area (Å²) in [7, 11) is -3.10. The molecule has 1 aliphatic rings. The van der Waals surface area contributed by atoms with Gasteiger partial charge in [-0.1, -0.05) is 0 Å². The van der Waals surface area contributed by atoms with Gasteiger partial charge in [0.1, 0.15) is 4.88 Å². The maximum Gasteiger partial charge on any atom is 0.265 e. The quantitative estimate of drug-likeness (QED) is 0.836. The Balaban J connectivity index is 1.77. The van der Waals surface area contributed by atoms with Crippen LogP contribution in [0.5, 0.6) is 0 Å². The summed E-state index contributed by atoms with van der Waals surface area (Å²) in [6.07, 6.45) is 3.55. The van der Waals surface area contributed by atoms with Crippen molar-refractivity contribution in [3.63, 3.8) is 0 Å². The minimum Gasteiger partial charge on any atom is -0.462 e. The second kappa shape index (κ2) is 5.85. The Morgan fingerprint density at radius 3 is 3.00 bits per heavy atom. The summed E-state index contributed by atoms with van der Waals surface area (Å²) in [5.41, 5.74) is 0. The summed E-state index contributed by atoms with van der Waals surface area (Å²) < 4.78 is 29.1. The van der Waals surface area contributed by atoms with Crippen molar-refractivity contribution in [3.05, 3.63) is 29.5 Å². The molecule has 2 aromatic rings. The number of carbonyl (C=O) groups is 1. The predicted octanol–water partition coefficient (Wildman–Crippen LogP) is 2.05. The van der Waals surface area contributed by atoms with Gasteiger partial charge in [-0.25, -0.2) is 13.4 Å². The first-order valence-electron chi connectivity index (χ1n) is 6.98. The van der Waals surface area contributed by atoms with Gasteiger partial charge < -0.3 is 9.32 Å². The molecule has 3 rings (SSSR count). The third kappa shape index (κ3) is 2.93. The highest BCUT2D eigenvalue weighted by Gasteiger charge is 2.29. The van der Waals surface area contributed by atoms with Crippen LogP contribution in [0.25, 0.3) is 10.8 Å². The van der Waals surface area contributed by atoms with Crippen LogP contribution < -0.4 is 0 Å². The number of hydrogen-bond acceptors (Lipinski definition) is 6. The van der Waals surface area contributed by atoms with Crippen molar-refractivity contribution in [2.24, 2.45) is 0 Å². The highest BCUT2D eigenvalue weighted by Crippen LogP contribution is 2.26. The Labute approximate surface area is 132 Å². The maximum absolute atomic E-state index is 12.5. The third-order valence-electron chi connectivity index (χ3n) is 3.80. The van der Waals surface area contributed by atoms with E-state index in [1.165, 1.54) is 17.5 Å². The predicted molar refractivity (Wildman–Crippen MR) is 83.6 cm³/mol. The van der Waals surface area contributed by atoms with E-state index in [0.717, 1.165) is 0 Å². The average Bonchev–Trinajstić information content (AvgIpc) is 3.14. The molecule has 1 saturated heterocycles. The lowest BCUT2D eigenvalue weighted by atomic mass is 10.3. The van der Waals surface area contributed by atoms with Crippen LogP contribution in [0.3, 0.4) is 0 Å². The van der Waals surface area contributed by atoms with E-state index in [0.29, 0.717) is 28.6 Å². The molecule has 0 spiro atoms. The molecule has 6 nitrogen and oxygen atoms in total. The van der Waals surface area contributed by atoms with Gasteiger partial charge in [-0.3, -0.25) is 4.79 Å². The molecule has 3 heterocycles. The monoisotopic (exact) mass is 340 g/mol. The molecule has 22 heavy (non-hydrogen) atoms. The van der Waals surface area contributed by atoms with Gasteiger partial charge in [-0.05, 0) is 25.5 Å². The van der Waals surface area contributed by atoms with Gasteiger partial charge in [0.15, 0.2) is 20.6 Å². The Bertz CT molecular complexity index is 765. The summed E-state index contributed by atoms with van der Waals surface area (Å²) in [4.78, 5) is 18.8. The molecule has 118 valence electrons. The Morgan fingerprint density at radius 1 is 1.45 bits per heavy atom. The van der Waals surface area contributed by atoms with Crippen LogP contribution in [0.2, 0.25) is 0 Å². The van der Waals surface area contributed by atoms with Crippen molar-refractivity contribution in [2.45, 2.75) is 18.6 Å². The number of aromatic nitrogens is 1. The molecule has 1 fully saturated rings. The third-order valence-corrected chi connectivity index (χ3v) is 7.01. The van der Waals surface area contributed by atoms with Crippen molar-refractivity contribution in [1.82, 2.24) is 9.88 Å². The van der Waals surface area contributed by atoms with Crippen molar-refractivity contribution in [2.75, 3.05) is 18.8 Å². The van der Waals surface area contributed by atoms with Crippen LogP contribution in [0.1, 0.15) is 23.0 Å². The molecule has 0 aromatic carbocycles. The fourth-order valence-corrected chi connectivity index (χ4v) is 4.51. The fourth-order valence-electron chi connectivity index (χ4n) is 2.31. The van der Waals surface area contributed by atoms with Gasteiger partial charge in [-0.2, -0.15) is 0 Å². The zero-order chi connectivity index (χ0) is 15.7. The fraction of sp³-hybridized carbons (Fsp3) is 0.429. The van der Waals surface area contributed by atoms with Gasteiger partial charge in [0.25, 0.3) is 5.91 Å². The first kappa shape index (κ1) is 15.2. The number of sulfone groups is 1. The molecule has 8 heteroatoms. The Morgan fingerprint density at radius 2 is 2.27 bits per heavy atom. The highest BCUT2D eigenvalue weighted by molar-refractivity contribution is 7.92. The zero-order valence-electron chi connectivity index (χ0n) is 12.1. The van der Waals surface area contributed by atoms with Crippen LogP contribution in [0.4, 0.5) is 0 Å². The molecule has 1 unspecified atom stereocenters. The summed E-state index contributed by atoms with van der Waals surface area (Å²) >= 11 is 1.25. The second-order valence-corrected chi connectivity index (χ2v) is 8.83. The van der Waals surface area contributed by atoms with E-state index in [-0.39, 0.29) is 18.2 Å². The van der Waals surface area contributed by atoms with Crippen LogP contribution >= 0.6 is 11.3 Å². The van der Waals surface area contributed by atoms with E-state index in [9.17, 15) is 13.2 Å². The van der Waals surface area contributed by atoms with Gasteiger partial charge in [0.05, 0.1) is 23.5 Å². The SMILES string of the molecule is CC1CCN(C(=O)c2cnc(-c3ccco3)s2)CCS1(=O)=O. The van der Waals surface area contributed by atoms with Crippen molar-refractivity contribution in [1.29, 1.82) is 0 Å². The average molecular weight is 340 g/mol. The summed E-state index contributed by atoms with van der Waals surface area (Å²) in [5.74, 6) is 0.472. The molecule has 0 radical (unpaired) electrons. The molecular formula is C14H16N2O4S2. The second-order valence-electron chi connectivity index (χ2n) is 5.27. The number of furan rings is 1. The van der Waals surface area contributed by atoms with E-state index in [1.807, 2.05) is 0 Å². The normalized spacial score (nSPS) is 21.5. The molecule has 1 amide bonds. The molecule has 0 N–H and O–H groups in total. The molecule has 0 aliphatic carbocycles. The molecule has 0 saturated carbocycles. The van der Waals surface area contributed by atoms with Crippen molar-refractivity contribution in [3.8, 4) is 10.8 Å². The van der Waals surface area contributed by atoms with Crippen LogP contribution in [-0.2, 0) is 9.84 Å². The lowest BCUT2D eigenvalue weighted by molar-refractivity contribution is 0.0771. The first-order valence-corrected chi connectivity index (χ1v) is 9.51.